The molecule has 1 aromatic heterocycles. The molecule has 2 heterocycles. The van der Waals surface area contributed by atoms with Crippen molar-refractivity contribution in [3.8, 4) is 11.3 Å². The van der Waals surface area contributed by atoms with Crippen LogP contribution in [0.15, 0.2) is 58.7 Å². The monoisotopic (exact) mass is 411 g/mol. The first-order valence-electron chi connectivity index (χ1n) is 9.53. The molecule has 0 fully saturated rings. The van der Waals surface area contributed by atoms with Crippen molar-refractivity contribution in [2.24, 2.45) is 0 Å². The molecule has 7 heteroatoms. The molecule has 0 radical (unpaired) electrons. The summed E-state index contributed by atoms with van der Waals surface area (Å²) >= 11 is 1.75. The Hall–Kier alpha value is -2.25. The van der Waals surface area contributed by atoms with Crippen LogP contribution in [0.1, 0.15) is 24.0 Å². The number of nitrogens with one attached hydrogen (secondary N) is 1. The standard InChI is InChI=1S/C21H21N3O2S2/c25-28(26,19-9-8-15-4-1-2-5-16(15)13-19)23-18-7-3-6-17(12-18)20-14-24-10-11-27-21(24)22-20/h3,6-9,12-14,23H,1-2,4-5,10-11H2. The van der Waals surface area contributed by atoms with Crippen molar-refractivity contribution in [3.63, 3.8) is 0 Å². The van der Waals surface area contributed by atoms with Gasteiger partial charge in [-0.1, -0.05) is 30.0 Å². The summed E-state index contributed by atoms with van der Waals surface area (Å²) in [6.07, 6.45) is 6.33. The summed E-state index contributed by atoms with van der Waals surface area (Å²) in [6.45, 7) is 0.970. The molecule has 144 valence electrons. The predicted molar refractivity (Wildman–Crippen MR) is 112 cm³/mol. The summed E-state index contributed by atoms with van der Waals surface area (Å²) in [5.41, 5.74) is 4.77. The lowest BCUT2D eigenvalue weighted by molar-refractivity contribution is 0.600. The lowest BCUT2D eigenvalue weighted by Gasteiger charge is -2.17. The van der Waals surface area contributed by atoms with Crippen LogP contribution >= 0.6 is 11.8 Å². The van der Waals surface area contributed by atoms with Crippen molar-refractivity contribution < 1.29 is 8.42 Å². The Kier molecular flexibility index (Phi) is 4.44. The summed E-state index contributed by atoms with van der Waals surface area (Å²) < 4.78 is 30.7. The van der Waals surface area contributed by atoms with E-state index in [0.717, 1.165) is 53.5 Å². The zero-order valence-corrected chi connectivity index (χ0v) is 17.0. The molecule has 1 aliphatic carbocycles. The Morgan fingerprint density at radius 3 is 2.75 bits per heavy atom. The lowest BCUT2D eigenvalue weighted by atomic mass is 9.92. The quantitative estimate of drug-likeness (QED) is 0.694. The molecule has 2 aliphatic rings. The number of aryl methyl sites for hydroxylation is 3. The minimum absolute atomic E-state index is 0.330. The molecule has 2 aromatic carbocycles. The maximum absolute atomic E-state index is 12.9. The highest BCUT2D eigenvalue weighted by molar-refractivity contribution is 7.99. The van der Waals surface area contributed by atoms with E-state index in [0.29, 0.717) is 10.6 Å². The maximum atomic E-state index is 12.9. The van der Waals surface area contributed by atoms with E-state index in [2.05, 4.69) is 14.3 Å². The van der Waals surface area contributed by atoms with Gasteiger partial charge in [-0.15, -0.1) is 0 Å². The second-order valence-corrected chi connectivity index (χ2v) is 10.0. The highest BCUT2D eigenvalue weighted by atomic mass is 32.2. The highest BCUT2D eigenvalue weighted by Crippen LogP contribution is 2.30. The Labute approximate surface area is 169 Å². The third-order valence-electron chi connectivity index (χ3n) is 5.34. The minimum atomic E-state index is -3.62. The Bertz CT molecular complexity index is 1130. The summed E-state index contributed by atoms with van der Waals surface area (Å²) in [6, 6.07) is 12.9. The molecule has 0 amide bonds. The zero-order chi connectivity index (χ0) is 19.1. The molecule has 0 saturated heterocycles. The van der Waals surface area contributed by atoms with Gasteiger partial charge in [0.05, 0.1) is 10.6 Å². The topological polar surface area (TPSA) is 64.0 Å². The molecule has 0 spiro atoms. The first kappa shape index (κ1) is 17.8. The van der Waals surface area contributed by atoms with Crippen LogP contribution in [0, 0.1) is 0 Å². The number of rotatable bonds is 4. The van der Waals surface area contributed by atoms with Gasteiger partial charge in [-0.3, -0.25) is 4.72 Å². The number of fused-ring (bicyclic) bond motifs is 2. The molecule has 0 unspecified atom stereocenters. The van der Waals surface area contributed by atoms with E-state index in [1.165, 1.54) is 12.0 Å². The number of anilines is 1. The van der Waals surface area contributed by atoms with Gasteiger partial charge in [0, 0.05) is 29.7 Å². The number of hydrogen-bond acceptors (Lipinski definition) is 4. The van der Waals surface area contributed by atoms with E-state index < -0.39 is 10.0 Å². The second kappa shape index (κ2) is 6.97. The number of sulfonamides is 1. The van der Waals surface area contributed by atoms with Gasteiger partial charge >= 0.3 is 0 Å². The molecule has 0 saturated carbocycles. The van der Waals surface area contributed by atoms with Gasteiger partial charge in [-0.25, -0.2) is 13.4 Å². The molecule has 3 aromatic rings. The first-order valence-corrected chi connectivity index (χ1v) is 12.0. The number of benzene rings is 2. The van der Waals surface area contributed by atoms with Crippen LogP contribution in [0.25, 0.3) is 11.3 Å². The van der Waals surface area contributed by atoms with Gasteiger partial charge in [0.1, 0.15) is 0 Å². The summed E-state index contributed by atoms with van der Waals surface area (Å²) in [5, 5.41) is 1.02. The average molecular weight is 412 g/mol. The number of nitrogens with zero attached hydrogens (tertiary/aromatic N) is 2. The van der Waals surface area contributed by atoms with Crippen LogP contribution in [0.5, 0.6) is 0 Å². The number of imidazole rings is 1. The Morgan fingerprint density at radius 1 is 1.04 bits per heavy atom. The Morgan fingerprint density at radius 2 is 1.89 bits per heavy atom. The molecular weight excluding hydrogens is 390 g/mol. The SMILES string of the molecule is O=S(=O)(Nc1cccc(-c2cn3c(n2)SCC3)c1)c1ccc2c(c1)CCCC2. The molecule has 5 nitrogen and oxygen atoms in total. The van der Waals surface area contributed by atoms with Gasteiger partial charge in [0.25, 0.3) is 10.0 Å². The molecule has 1 aliphatic heterocycles. The van der Waals surface area contributed by atoms with Crippen molar-refractivity contribution in [2.45, 2.75) is 42.3 Å². The number of aromatic nitrogens is 2. The smallest absolute Gasteiger partial charge is 0.261 e. The zero-order valence-electron chi connectivity index (χ0n) is 15.4. The van der Waals surface area contributed by atoms with E-state index in [4.69, 9.17) is 0 Å². The summed E-state index contributed by atoms with van der Waals surface area (Å²) in [7, 11) is -3.62. The van der Waals surface area contributed by atoms with Crippen LogP contribution in [-0.4, -0.2) is 23.7 Å². The van der Waals surface area contributed by atoms with E-state index in [9.17, 15) is 8.42 Å². The van der Waals surface area contributed by atoms with Gasteiger partial charge in [-0.05, 0) is 61.1 Å². The van der Waals surface area contributed by atoms with Crippen LogP contribution in [0.3, 0.4) is 0 Å². The summed E-state index contributed by atoms with van der Waals surface area (Å²) in [4.78, 5) is 4.98. The van der Waals surface area contributed by atoms with E-state index in [1.807, 2.05) is 36.5 Å². The molecule has 0 atom stereocenters. The van der Waals surface area contributed by atoms with Crippen molar-refractivity contribution in [3.05, 3.63) is 59.8 Å². The van der Waals surface area contributed by atoms with Crippen LogP contribution < -0.4 is 4.72 Å². The predicted octanol–water partition coefficient (Wildman–Crippen LogP) is 4.34. The van der Waals surface area contributed by atoms with E-state index >= 15 is 0 Å². The van der Waals surface area contributed by atoms with Crippen LogP contribution in [0.4, 0.5) is 5.69 Å². The molecule has 28 heavy (non-hydrogen) atoms. The van der Waals surface area contributed by atoms with Gasteiger partial charge < -0.3 is 4.57 Å². The van der Waals surface area contributed by atoms with Gasteiger partial charge in [0.2, 0.25) is 0 Å². The molecule has 5 rings (SSSR count). The van der Waals surface area contributed by atoms with E-state index in [1.54, 1.807) is 23.9 Å². The van der Waals surface area contributed by atoms with Crippen LogP contribution in [-0.2, 0) is 29.4 Å². The van der Waals surface area contributed by atoms with Gasteiger partial charge in [-0.2, -0.15) is 0 Å². The fourth-order valence-corrected chi connectivity index (χ4v) is 5.92. The van der Waals surface area contributed by atoms with Crippen molar-refractivity contribution in [1.82, 2.24) is 9.55 Å². The van der Waals surface area contributed by atoms with Gasteiger partial charge in [0.15, 0.2) is 5.16 Å². The number of hydrogen-bond donors (Lipinski definition) is 1. The van der Waals surface area contributed by atoms with Crippen LogP contribution in [0.2, 0.25) is 0 Å². The molecular formula is C21H21N3O2S2. The van der Waals surface area contributed by atoms with Crippen molar-refractivity contribution >= 4 is 27.5 Å². The summed E-state index contributed by atoms with van der Waals surface area (Å²) in [5.74, 6) is 1.06. The fraction of sp³-hybridized carbons (Fsp3) is 0.286. The third-order valence-corrected chi connectivity index (χ3v) is 7.69. The molecule has 0 bridgehead atoms. The maximum Gasteiger partial charge on any atom is 0.261 e. The van der Waals surface area contributed by atoms with E-state index in [-0.39, 0.29) is 0 Å². The Balaban J connectivity index is 1.42. The fourth-order valence-electron chi connectivity index (χ4n) is 3.88. The normalized spacial score (nSPS) is 15.9. The number of thioether (sulfide) groups is 1. The average Bonchev–Trinajstić information content (AvgIpc) is 3.30. The first-order chi connectivity index (χ1) is 13.6. The molecule has 1 N–H and O–H groups in total. The highest BCUT2D eigenvalue weighted by Gasteiger charge is 2.19. The second-order valence-electron chi connectivity index (χ2n) is 7.27. The van der Waals surface area contributed by atoms with Crippen molar-refractivity contribution in [1.29, 1.82) is 0 Å². The third kappa shape index (κ3) is 3.33. The minimum Gasteiger partial charge on any atom is -0.325 e. The lowest BCUT2D eigenvalue weighted by Crippen LogP contribution is -2.14. The van der Waals surface area contributed by atoms with Crippen molar-refractivity contribution in [2.75, 3.05) is 10.5 Å². The largest absolute Gasteiger partial charge is 0.325 e.